The summed E-state index contributed by atoms with van der Waals surface area (Å²) in [5, 5.41) is 2.15. The molecule has 0 aliphatic heterocycles. The molecule has 1 N–H and O–H groups in total. The number of aryl methyl sites for hydroxylation is 1. The van der Waals surface area contributed by atoms with Crippen LogP contribution in [-0.2, 0) is 20.3 Å². The fraction of sp³-hybridized carbons (Fsp3) is 0.111. The first-order valence-corrected chi connectivity index (χ1v) is 5.68. The zero-order chi connectivity index (χ0) is 14.4. The van der Waals surface area contributed by atoms with Gasteiger partial charge in [-0.05, 0) is 30.7 Å². The second kappa shape index (κ2) is 6.44. The van der Waals surface area contributed by atoms with Gasteiger partial charge < -0.3 is 0 Å². The first-order valence-electron chi connectivity index (χ1n) is 4.65. The monoisotopic (exact) mass is 290 g/mol. The number of benzene rings is 1. The third-order valence-corrected chi connectivity index (χ3v) is 2.06. The van der Waals surface area contributed by atoms with Crippen molar-refractivity contribution in [1.82, 2.24) is 0 Å². The molecule has 1 aromatic carbocycles. The lowest BCUT2D eigenvalue weighted by atomic mass is 10.2. The maximum absolute atomic E-state index is 12.8. The van der Waals surface area contributed by atoms with Gasteiger partial charge in [-0.2, -0.15) is 8.42 Å². The molecule has 8 nitrogen and oxygen atoms in total. The Morgan fingerprint density at radius 3 is 2.58 bits per heavy atom. The van der Waals surface area contributed by atoms with Gasteiger partial charge in [-0.1, -0.05) is 4.36 Å². The van der Waals surface area contributed by atoms with Gasteiger partial charge >= 0.3 is 22.7 Å². The number of carbonyl (C=O) groups is 2. The van der Waals surface area contributed by atoms with Crippen molar-refractivity contribution in [2.75, 3.05) is 5.32 Å². The number of anilines is 1. The Bertz CT molecular complexity index is 634. The smallest absolute Gasteiger partial charge is 0.288 e. The lowest BCUT2D eigenvalue weighted by molar-refractivity contribution is -0.170. The van der Waals surface area contributed by atoms with E-state index < -0.39 is 28.5 Å². The summed E-state index contributed by atoms with van der Waals surface area (Å²) in [7, 11) is -3.01. The topological polar surface area (TPSA) is 111 Å². The normalized spacial score (nSPS) is 9.37. The van der Waals surface area contributed by atoms with Crippen LogP contribution in [0.5, 0.6) is 0 Å². The van der Waals surface area contributed by atoms with Crippen LogP contribution < -0.4 is 5.32 Å². The number of hydrogen-bond donors (Lipinski definition) is 1. The number of rotatable bonds is 1. The Kier molecular flexibility index (Phi) is 4.94. The number of carbonyl (C=O) groups excluding carboxylic acids is 2. The molecule has 0 aliphatic rings. The predicted octanol–water partition coefficient (Wildman–Crippen LogP) is 1.80. The Hall–Kier alpha value is -2.49. The summed E-state index contributed by atoms with van der Waals surface area (Å²) >= 11 is 0. The standard InChI is InChI=1S/C9H7FN2O6S/c1-5-4-6(10)2-3-7(5)11-8(13)17-18-9(14)12-19(15)16/h2-4H,1H3,(H,11,13). The third kappa shape index (κ3) is 5.12. The highest BCUT2D eigenvalue weighted by Gasteiger charge is 2.10. The summed E-state index contributed by atoms with van der Waals surface area (Å²) in [5.74, 6) is -0.487. The van der Waals surface area contributed by atoms with Gasteiger partial charge in [0.2, 0.25) is 0 Å². The summed E-state index contributed by atoms with van der Waals surface area (Å²) in [5.41, 5.74) is 0.639. The van der Waals surface area contributed by atoms with E-state index in [0.29, 0.717) is 5.56 Å². The van der Waals surface area contributed by atoms with E-state index in [1.165, 1.54) is 13.0 Å². The molecule has 0 spiro atoms. The maximum Gasteiger partial charge on any atom is 0.490 e. The summed E-state index contributed by atoms with van der Waals surface area (Å²) in [6.07, 6.45) is -2.81. The molecule has 10 heteroatoms. The van der Waals surface area contributed by atoms with Crippen LogP contribution in [0.1, 0.15) is 5.56 Å². The van der Waals surface area contributed by atoms with Gasteiger partial charge in [0.05, 0.1) is 0 Å². The van der Waals surface area contributed by atoms with Gasteiger partial charge in [0.1, 0.15) is 5.82 Å². The minimum absolute atomic E-state index is 0.229. The number of amides is 2. The number of halogens is 1. The summed E-state index contributed by atoms with van der Waals surface area (Å²) in [6.45, 7) is 1.53. The molecule has 0 fully saturated rings. The van der Waals surface area contributed by atoms with Crippen LogP contribution in [0.25, 0.3) is 0 Å². The lowest BCUT2D eigenvalue weighted by Crippen LogP contribution is -2.16. The van der Waals surface area contributed by atoms with Crippen LogP contribution >= 0.6 is 0 Å². The average molecular weight is 290 g/mol. The van der Waals surface area contributed by atoms with Crippen LogP contribution in [0.2, 0.25) is 0 Å². The van der Waals surface area contributed by atoms with E-state index in [-0.39, 0.29) is 5.69 Å². The van der Waals surface area contributed by atoms with Gasteiger partial charge in [0, 0.05) is 5.69 Å². The van der Waals surface area contributed by atoms with Crippen LogP contribution in [0, 0.1) is 12.7 Å². The fourth-order valence-electron chi connectivity index (χ4n) is 1.05. The van der Waals surface area contributed by atoms with Gasteiger partial charge in [0.15, 0.2) is 0 Å². The van der Waals surface area contributed by atoms with Crippen molar-refractivity contribution in [3.8, 4) is 0 Å². The van der Waals surface area contributed by atoms with Crippen LogP contribution in [0.15, 0.2) is 22.6 Å². The highest BCUT2D eigenvalue weighted by molar-refractivity contribution is 7.62. The van der Waals surface area contributed by atoms with Gasteiger partial charge in [0.25, 0.3) is 0 Å². The Labute approximate surface area is 107 Å². The first kappa shape index (κ1) is 14.6. The van der Waals surface area contributed by atoms with E-state index in [1.807, 2.05) is 0 Å². The molecule has 1 rings (SSSR count). The fourth-order valence-corrected chi connectivity index (χ4v) is 1.20. The van der Waals surface area contributed by atoms with E-state index in [2.05, 4.69) is 19.5 Å². The second-order valence-electron chi connectivity index (χ2n) is 3.11. The second-order valence-corrected chi connectivity index (χ2v) is 3.73. The van der Waals surface area contributed by atoms with Crippen LogP contribution in [0.4, 0.5) is 19.7 Å². The summed E-state index contributed by atoms with van der Waals surface area (Å²) in [4.78, 5) is 29.4. The molecule has 0 saturated carbocycles. The molecule has 0 bridgehead atoms. The maximum atomic E-state index is 12.8. The minimum Gasteiger partial charge on any atom is -0.288 e. The Morgan fingerprint density at radius 2 is 2.00 bits per heavy atom. The van der Waals surface area contributed by atoms with Crippen LogP contribution in [0.3, 0.4) is 0 Å². The van der Waals surface area contributed by atoms with E-state index in [9.17, 15) is 22.4 Å². The van der Waals surface area contributed by atoms with Crippen molar-refractivity contribution in [2.24, 2.45) is 4.36 Å². The molecule has 19 heavy (non-hydrogen) atoms. The van der Waals surface area contributed by atoms with Crippen molar-refractivity contribution in [3.63, 3.8) is 0 Å². The highest BCUT2D eigenvalue weighted by atomic mass is 32.2. The van der Waals surface area contributed by atoms with E-state index in [0.717, 1.165) is 12.1 Å². The average Bonchev–Trinajstić information content (AvgIpc) is 2.29. The van der Waals surface area contributed by atoms with E-state index >= 15 is 0 Å². The van der Waals surface area contributed by atoms with E-state index in [1.54, 1.807) is 0 Å². The third-order valence-electron chi connectivity index (χ3n) is 1.76. The molecule has 102 valence electrons. The first-order chi connectivity index (χ1) is 8.88. The van der Waals surface area contributed by atoms with Crippen LogP contribution in [-0.4, -0.2) is 20.6 Å². The predicted molar refractivity (Wildman–Crippen MR) is 59.1 cm³/mol. The molecule has 0 saturated heterocycles. The zero-order valence-electron chi connectivity index (χ0n) is 9.41. The van der Waals surface area contributed by atoms with Crippen molar-refractivity contribution >= 4 is 28.4 Å². The van der Waals surface area contributed by atoms with Gasteiger partial charge in [-0.25, -0.2) is 23.8 Å². The zero-order valence-corrected chi connectivity index (χ0v) is 10.2. The number of hydrogen-bond acceptors (Lipinski definition) is 6. The molecular weight excluding hydrogens is 283 g/mol. The lowest BCUT2D eigenvalue weighted by Gasteiger charge is -2.06. The summed E-state index contributed by atoms with van der Waals surface area (Å²) < 4.78 is 35.1. The minimum atomic E-state index is -3.01. The molecule has 2 amide bonds. The largest absolute Gasteiger partial charge is 0.490 e. The highest BCUT2D eigenvalue weighted by Crippen LogP contribution is 2.15. The molecule has 1 aromatic rings. The van der Waals surface area contributed by atoms with Gasteiger partial charge in [-0.3, -0.25) is 5.32 Å². The summed E-state index contributed by atoms with van der Waals surface area (Å²) in [6, 6.07) is 3.53. The number of nitrogens with one attached hydrogen (secondary N) is 1. The Morgan fingerprint density at radius 1 is 1.32 bits per heavy atom. The van der Waals surface area contributed by atoms with E-state index in [4.69, 9.17) is 0 Å². The Balaban J connectivity index is 2.56. The van der Waals surface area contributed by atoms with Gasteiger partial charge in [-0.15, -0.1) is 0 Å². The molecule has 0 unspecified atom stereocenters. The molecule has 0 aliphatic carbocycles. The molecule has 0 heterocycles. The SMILES string of the molecule is Cc1cc(F)ccc1NC(=O)OOC(=O)N=S(=O)=O. The van der Waals surface area contributed by atoms with Crippen molar-refractivity contribution < 1.29 is 32.2 Å². The van der Waals surface area contributed by atoms with Crippen molar-refractivity contribution in [3.05, 3.63) is 29.6 Å². The molecule has 0 aromatic heterocycles. The quantitative estimate of drug-likeness (QED) is 0.623. The van der Waals surface area contributed by atoms with Crippen molar-refractivity contribution in [1.29, 1.82) is 0 Å². The number of nitrogens with zero attached hydrogens (tertiary/aromatic N) is 1. The molecular formula is C9H7FN2O6S. The molecule has 0 radical (unpaired) electrons. The van der Waals surface area contributed by atoms with Crippen molar-refractivity contribution in [2.45, 2.75) is 6.92 Å². The molecule has 0 atom stereocenters.